The average Bonchev–Trinajstić information content (AvgIpc) is 3.01. The normalized spacial score (nSPS) is 11.2. The van der Waals surface area contributed by atoms with Crippen LogP contribution >= 0.6 is 43.2 Å². The van der Waals surface area contributed by atoms with Gasteiger partial charge >= 0.3 is 0 Å². The zero-order chi connectivity index (χ0) is 16.6. The molecule has 0 atom stereocenters. The summed E-state index contributed by atoms with van der Waals surface area (Å²) in [5, 5.41) is 2.34. The number of aryl methyl sites for hydroxylation is 2. The van der Waals surface area contributed by atoms with Crippen LogP contribution in [0.25, 0.3) is 0 Å². The predicted molar refractivity (Wildman–Crippen MR) is 115 cm³/mol. The molecule has 0 aromatic carbocycles. The van der Waals surface area contributed by atoms with Crippen molar-refractivity contribution in [1.29, 1.82) is 0 Å². The fourth-order valence-electron chi connectivity index (χ4n) is 2.89. The maximum Gasteiger partial charge on any atom is 0.00481 e. The third-order valence-corrected chi connectivity index (χ3v) is 6.66. The van der Waals surface area contributed by atoms with Crippen molar-refractivity contribution in [3.8, 4) is 0 Å². The summed E-state index contributed by atoms with van der Waals surface area (Å²) in [5.74, 6) is 0. The summed E-state index contributed by atoms with van der Waals surface area (Å²) in [6.45, 7) is 0. The van der Waals surface area contributed by atoms with Crippen molar-refractivity contribution in [2.75, 3.05) is 10.7 Å². The molecular weight excluding hydrogens is 432 g/mol. The fourth-order valence-corrected chi connectivity index (χ4v) is 4.79. The van der Waals surface area contributed by atoms with Gasteiger partial charge in [-0.3, -0.25) is 0 Å². The summed E-state index contributed by atoms with van der Waals surface area (Å²) in [6.07, 6.45) is 19.3. The fraction of sp³-hybridized carbons (Fsp3) is 0.800. The van der Waals surface area contributed by atoms with E-state index in [-0.39, 0.29) is 0 Å². The quantitative estimate of drug-likeness (QED) is 0.170. The summed E-state index contributed by atoms with van der Waals surface area (Å²) in [6, 6.07) is 4.75. The molecule has 0 N–H and O–H groups in total. The first kappa shape index (κ1) is 21.7. The van der Waals surface area contributed by atoms with Gasteiger partial charge in [-0.2, -0.15) is 0 Å². The Hall–Kier alpha value is 0.660. The molecule has 0 radical (unpaired) electrons. The standard InChI is InChI=1S/C20H34Br2S/c21-17-11-7-3-1-5-9-13-19-15-16-20(23-19)14-10-6-2-4-8-12-18-22/h15-16H,1-14,17-18H2. The lowest BCUT2D eigenvalue weighted by molar-refractivity contribution is 0.611. The Balaban J connectivity index is 1.97. The van der Waals surface area contributed by atoms with Gasteiger partial charge in [0.05, 0.1) is 0 Å². The monoisotopic (exact) mass is 464 g/mol. The van der Waals surface area contributed by atoms with Gasteiger partial charge in [0.25, 0.3) is 0 Å². The molecule has 0 aliphatic carbocycles. The molecule has 1 aromatic heterocycles. The van der Waals surface area contributed by atoms with E-state index in [0.717, 1.165) is 0 Å². The molecule has 0 saturated carbocycles. The molecule has 0 amide bonds. The Morgan fingerprint density at radius 3 is 1.26 bits per heavy atom. The third kappa shape index (κ3) is 12.6. The minimum atomic E-state index is 1.17. The van der Waals surface area contributed by atoms with E-state index in [4.69, 9.17) is 0 Å². The average molecular weight is 466 g/mol. The minimum absolute atomic E-state index is 1.17. The molecule has 0 spiro atoms. The van der Waals surface area contributed by atoms with Crippen LogP contribution in [0, 0.1) is 0 Å². The zero-order valence-electron chi connectivity index (χ0n) is 14.6. The van der Waals surface area contributed by atoms with Crippen molar-refractivity contribution in [3.05, 3.63) is 21.9 Å². The first-order valence-electron chi connectivity index (χ1n) is 9.56. The number of hydrogen-bond donors (Lipinski definition) is 0. The van der Waals surface area contributed by atoms with Crippen molar-refractivity contribution in [2.24, 2.45) is 0 Å². The number of alkyl halides is 2. The van der Waals surface area contributed by atoms with Gasteiger partial charge < -0.3 is 0 Å². The highest BCUT2D eigenvalue weighted by molar-refractivity contribution is 9.09. The van der Waals surface area contributed by atoms with Gasteiger partial charge in [-0.1, -0.05) is 83.2 Å². The van der Waals surface area contributed by atoms with E-state index in [1.807, 2.05) is 0 Å². The van der Waals surface area contributed by atoms with E-state index >= 15 is 0 Å². The highest BCUT2D eigenvalue weighted by Gasteiger charge is 2.01. The smallest absolute Gasteiger partial charge is 0.00481 e. The molecule has 1 aromatic rings. The number of halogens is 2. The predicted octanol–water partition coefficient (Wildman–Crippen LogP) is 8.30. The molecule has 0 bridgehead atoms. The Labute approximate surface area is 165 Å². The van der Waals surface area contributed by atoms with Crippen LogP contribution in [0.4, 0.5) is 0 Å². The number of hydrogen-bond acceptors (Lipinski definition) is 1. The SMILES string of the molecule is BrCCCCCCCCc1ccc(CCCCCCCCBr)s1. The Morgan fingerprint density at radius 1 is 0.522 bits per heavy atom. The Kier molecular flexibility index (Phi) is 15.2. The summed E-state index contributed by atoms with van der Waals surface area (Å²) in [4.78, 5) is 3.22. The van der Waals surface area contributed by atoms with E-state index in [1.54, 1.807) is 9.75 Å². The number of rotatable bonds is 16. The van der Waals surface area contributed by atoms with Crippen LogP contribution in [0.3, 0.4) is 0 Å². The van der Waals surface area contributed by atoms with Crippen LogP contribution in [0.2, 0.25) is 0 Å². The Bertz CT molecular complexity index is 330. The van der Waals surface area contributed by atoms with Crippen LogP contribution in [0.1, 0.15) is 86.8 Å². The van der Waals surface area contributed by atoms with Gasteiger partial charge in [-0.05, 0) is 50.7 Å². The molecule has 134 valence electrons. The van der Waals surface area contributed by atoms with E-state index in [0.29, 0.717) is 0 Å². The van der Waals surface area contributed by atoms with Gasteiger partial charge in [0.2, 0.25) is 0 Å². The van der Waals surface area contributed by atoms with Gasteiger partial charge in [0.15, 0.2) is 0 Å². The maximum absolute atomic E-state index is 3.50. The second-order valence-electron chi connectivity index (χ2n) is 6.49. The summed E-state index contributed by atoms with van der Waals surface area (Å²) >= 11 is 9.07. The minimum Gasteiger partial charge on any atom is -0.145 e. The molecule has 1 rings (SSSR count). The molecule has 1 heterocycles. The largest absolute Gasteiger partial charge is 0.145 e. The highest BCUT2D eigenvalue weighted by atomic mass is 79.9. The van der Waals surface area contributed by atoms with E-state index in [1.165, 1.54) is 101 Å². The maximum atomic E-state index is 3.50. The summed E-state index contributed by atoms with van der Waals surface area (Å²) in [5.41, 5.74) is 0. The highest BCUT2D eigenvalue weighted by Crippen LogP contribution is 2.21. The summed E-state index contributed by atoms with van der Waals surface area (Å²) in [7, 11) is 0. The molecule has 0 aliphatic rings. The van der Waals surface area contributed by atoms with Gasteiger partial charge in [-0.15, -0.1) is 11.3 Å². The van der Waals surface area contributed by atoms with Crippen LogP contribution in [-0.2, 0) is 12.8 Å². The van der Waals surface area contributed by atoms with Gasteiger partial charge in [0, 0.05) is 20.4 Å². The van der Waals surface area contributed by atoms with Crippen molar-refractivity contribution in [2.45, 2.75) is 89.9 Å². The van der Waals surface area contributed by atoms with Crippen LogP contribution in [0.15, 0.2) is 12.1 Å². The molecular formula is C20H34Br2S. The van der Waals surface area contributed by atoms with E-state index in [2.05, 4.69) is 55.3 Å². The second-order valence-corrected chi connectivity index (χ2v) is 9.33. The van der Waals surface area contributed by atoms with Crippen LogP contribution in [-0.4, -0.2) is 10.7 Å². The van der Waals surface area contributed by atoms with E-state index < -0.39 is 0 Å². The lowest BCUT2D eigenvalue weighted by Crippen LogP contribution is -1.84. The van der Waals surface area contributed by atoms with Crippen molar-refractivity contribution < 1.29 is 0 Å². The molecule has 0 nitrogen and oxygen atoms in total. The number of thiophene rings is 1. The topological polar surface area (TPSA) is 0 Å². The van der Waals surface area contributed by atoms with Gasteiger partial charge in [0.1, 0.15) is 0 Å². The van der Waals surface area contributed by atoms with Gasteiger partial charge in [-0.25, -0.2) is 0 Å². The molecule has 0 saturated heterocycles. The van der Waals surface area contributed by atoms with Crippen molar-refractivity contribution in [1.82, 2.24) is 0 Å². The molecule has 3 heteroatoms. The van der Waals surface area contributed by atoms with Crippen LogP contribution in [0.5, 0.6) is 0 Å². The third-order valence-electron chi connectivity index (χ3n) is 4.33. The second kappa shape index (κ2) is 16.1. The van der Waals surface area contributed by atoms with Crippen molar-refractivity contribution >= 4 is 43.2 Å². The Morgan fingerprint density at radius 2 is 0.870 bits per heavy atom. The molecule has 0 aliphatic heterocycles. The number of unbranched alkanes of at least 4 members (excludes halogenated alkanes) is 10. The molecule has 23 heavy (non-hydrogen) atoms. The lowest BCUT2D eigenvalue weighted by atomic mass is 10.1. The zero-order valence-corrected chi connectivity index (χ0v) is 18.6. The van der Waals surface area contributed by atoms with Crippen LogP contribution < -0.4 is 0 Å². The first-order valence-corrected chi connectivity index (χ1v) is 12.6. The van der Waals surface area contributed by atoms with Crippen molar-refractivity contribution in [3.63, 3.8) is 0 Å². The summed E-state index contributed by atoms with van der Waals surface area (Å²) < 4.78 is 0. The lowest BCUT2D eigenvalue weighted by Gasteiger charge is -2.01. The molecule has 0 fully saturated rings. The first-order chi connectivity index (χ1) is 11.4. The van der Waals surface area contributed by atoms with E-state index in [9.17, 15) is 0 Å². The molecule has 0 unspecified atom stereocenters.